The molecule has 0 bridgehead atoms. The molecule has 2 saturated heterocycles. The average molecular weight is 369 g/mol. The Balaban J connectivity index is 1.40. The van der Waals surface area contributed by atoms with Gasteiger partial charge in [-0.2, -0.15) is 4.98 Å². The largest absolute Gasteiger partial charge is 0.496 e. The second kappa shape index (κ2) is 8.10. The van der Waals surface area contributed by atoms with Gasteiger partial charge in [0.1, 0.15) is 11.6 Å². The molecular weight excluding hydrogens is 342 g/mol. The number of nitrogens with zero attached hydrogens (tertiary/aromatic N) is 4. The number of methoxy groups -OCH3 is 1. The van der Waals surface area contributed by atoms with Gasteiger partial charge >= 0.3 is 0 Å². The molecule has 2 aliphatic heterocycles. The van der Waals surface area contributed by atoms with Crippen LogP contribution in [0.4, 0.5) is 11.8 Å². The van der Waals surface area contributed by atoms with Gasteiger partial charge in [0.15, 0.2) is 0 Å². The summed E-state index contributed by atoms with van der Waals surface area (Å²) in [5, 5.41) is 0. The lowest BCUT2D eigenvalue weighted by atomic mass is 10.0. The van der Waals surface area contributed by atoms with Crippen molar-refractivity contribution in [1.29, 1.82) is 0 Å². The van der Waals surface area contributed by atoms with Gasteiger partial charge in [-0.25, -0.2) is 4.98 Å². The Hall–Kier alpha value is -2.38. The van der Waals surface area contributed by atoms with Crippen molar-refractivity contribution in [1.82, 2.24) is 14.9 Å². The maximum atomic E-state index is 5.98. The summed E-state index contributed by atoms with van der Waals surface area (Å²) in [7, 11) is 1.73. The Morgan fingerprint density at radius 2 is 2.00 bits per heavy atom. The summed E-state index contributed by atoms with van der Waals surface area (Å²) in [5.74, 6) is 2.57. The number of ether oxygens (including phenoxy) is 2. The zero-order valence-electron chi connectivity index (χ0n) is 15.8. The normalized spacial score (nSPS) is 20.8. The number of hydrogen-bond donors (Lipinski definition) is 1. The second-order valence-electron chi connectivity index (χ2n) is 7.14. The predicted molar refractivity (Wildman–Crippen MR) is 105 cm³/mol. The summed E-state index contributed by atoms with van der Waals surface area (Å²) in [6, 6.07) is 10.3. The van der Waals surface area contributed by atoms with Crippen LogP contribution in [0.25, 0.3) is 0 Å². The Labute approximate surface area is 160 Å². The van der Waals surface area contributed by atoms with Gasteiger partial charge in [-0.1, -0.05) is 18.2 Å². The van der Waals surface area contributed by atoms with Crippen LogP contribution in [0.15, 0.2) is 30.3 Å². The van der Waals surface area contributed by atoms with E-state index >= 15 is 0 Å². The van der Waals surface area contributed by atoms with Crippen molar-refractivity contribution in [2.75, 3.05) is 57.1 Å². The maximum Gasteiger partial charge on any atom is 0.222 e. The minimum absolute atomic E-state index is 0.334. The minimum Gasteiger partial charge on any atom is -0.496 e. The summed E-state index contributed by atoms with van der Waals surface area (Å²) in [6.07, 6.45) is 1.00. The lowest BCUT2D eigenvalue weighted by Crippen LogP contribution is -2.46. The van der Waals surface area contributed by atoms with Crippen LogP contribution in [-0.4, -0.2) is 61.4 Å². The number of rotatable bonds is 5. The molecule has 0 spiro atoms. The third kappa shape index (κ3) is 4.14. The highest BCUT2D eigenvalue weighted by Gasteiger charge is 2.23. The van der Waals surface area contributed by atoms with Crippen molar-refractivity contribution in [3.63, 3.8) is 0 Å². The van der Waals surface area contributed by atoms with Crippen LogP contribution < -0.4 is 15.4 Å². The van der Waals surface area contributed by atoms with Crippen molar-refractivity contribution < 1.29 is 9.47 Å². The highest BCUT2D eigenvalue weighted by molar-refractivity contribution is 5.45. The fourth-order valence-corrected chi connectivity index (χ4v) is 3.82. The van der Waals surface area contributed by atoms with Gasteiger partial charge in [-0.3, -0.25) is 4.90 Å². The summed E-state index contributed by atoms with van der Waals surface area (Å²) in [4.78, 5) is 13.7. The number of benzene rings is 1. The average Bonchev–Trinajstić information content (AvgIpc) is 3.23. The first-order valence-electron chi connectivity index (χ1n) is 9.54. The van der Waals surface area contributed by atoms with E-state index in [1.54, 1.807) is 7.11 Å². The predicted octanol–water partition coefficient (Wildman–Crippen LogP) is 1.89. The lowest BCUT2D eigenvalue weighted by Gasteiger charge is -2.35. The number of nitrogen functional groups attached to an aromatic ring is 1. The number of hydrogen-bond acceptors (Lipinski definition) is 7. The molecule has 1 aromatic heterocycles. The smallest absolute Gasteiger partial charge is 0.222 e. The van der Waals surface area contributed by atoms with Crippen molar-refractivity contribution in [3.05, 3.63) is 41.6 Å². The molecule has 0 amide bonds. The minimum atomic E-state index is 0.334. The van der Waals surface area contributed by atoms with E-state index in [1.807, 2.05) is 12.1 Å². The van der Waals surface area contributed by atoms with Gasteiger partial charge < -0.3 is 20.1 Å². The molecule has 1 aromatic carbocycles. The Bertz CT molecular complexity index is 771. The first kappa shape index (κ1) is 18.0. The number of aromatic nitrogens is 2. The molecule has 0 saturated carbocycles. The zero-order valence-corrected chi connectivity index (χ0v) is 15.8. The molecular formula is C20H27N5O2. The van der Waals surface area contributed by atoms with E-state index in [0.717, 1.165) is 69.6 Å². The summed E-state index contributed by atoms with van der Waals surface area (Å²) >= 11 is 0. The SMILES string of the molecule is COc1ccccc1CN1CCN(c2cc([C@H]3CCOC3)nc(N)n2)CC1. The zero-order chi connectivity index (χ0) is 18.6. The molecule has 2 fully saturated rings. The van der Waals surface area contributed by atoms with Crippen LogP contribution in [0, 0.1) is 0 Å². The van der Waals surface area contributed by atoms with E-state index in [9.17, 15) is 0 Å². The lowest BCUT2D eigenvalue weighted by molar-refractivity contribution is 0.193. The summed E-state index contributed by atoms with van der Waals surface area (Å²) in [5.41, 5.74) is 8.21. The monoisotopic (exact) mass is 369 g/mol. The fraction of sp³-hybridized carbons (Fsp3) is 0.500. The van der Waals surface area contributed by atoms with Crippen molar-refractivity contribution in [2.45, 2.75) is 18.9 Å². The quantitative estimate of drug-likeness (QED) is 0.862. The molecule has 144 valence electrons. The standard InChI is InChI=1S/C20H27N5O2/c1-26-18-5-3-2-4-15(18)13-24-7-9-25(10-8-24)19-12-17(22-20(21)23-19)16-6-11-27-14-16/h2-5,12,16H,6-11,13-14H2,1H3,(H2,21,22,23)/t16-/m0/s1. The van der Waals surface area contributed by atoms with E-state index in [0.29, 0.717) is 11.9 Å². The molecule has 1 atom stereocenters. The van der Waals surface area contributed by atoms with Crippen LogP contribution in [0.1, 0.15) is 23.6 Å². The molecule has 0 unspecified atom stereocenters. The molecule has 3 heterocycles. The number of piperazine rings is 1. The van der Waals surface area contributed by atoms with E-state index in [-0.39, 0.29) is 0 Å². The molecule has 0 radical (unpaired) electrons. The van der Waals surface area contributed by atoms with Crippen LogP contribution in [-0.2, 0) is 11.3 Å². The fourth-order valence-electron chi connectivity index (χ4n) is 3.82. The summed E-state index contributed by atoms with van der Waals surface area (Å²) in [6.45, 7) is 6.22. The third-order valence-corrected chi connectivity index (χ3v) is 5.38. The Morgan fingerprint density at radius 1 is 1.19 bits per heavy atom. The molecule has 7 heteroatoms. The molecule has 4 rings (SSSR count). The Morgan fingerprint density at radius 3 is 2.74 bits per heavy atom. The van der Waals surface area contributed by atoms with Gasteiger partial charge in [0, 0.05) is 56.9 Å². The second-order valence-corrected chi connectivity index (χ2v) is 7.14. The van der Waals surface area contributed by atoms with E-state index in [1.165, 1.54) is 5.56 Å². The highest BCUT2D eigenvalue weighted by Crippen LogP contribution is 2.27. The van der Waals surface area contributed by atoms with Crippen molar-refractivity contribution >= 4 is 11.8 Å². The van der Waals surface area contributed by atoms with E-state index in [2.05, 4.69) is 38.0 Å². The summed E-state index contributed by atoms with van der Waals surface area (Å²) < 4.78 is 11.0. The first-order chi connectivity index (χ1) is 13.2. The molecule has 2 aliphatic rings. The first-order valence-corrected chi connectivity index (χ1v) is 9.54. The molecule has 0 aliphatic carbocycles. The van der Waals surface area contributed by atoms with Crippen molar-refractivity contribution in [3.8, 4) is 5.75 Å². The maximum absolute atomic E-state index is 5.98. The van der Waals surface area contributed by atoms with Crippen LogP contribution in [0.2, 0.25) is 0 Å². The van der Waals surface area contributed by atoms with Crippen molar-refractivity contribution in [2.24, 2.45) is 0 Å². The van der Waals surface area contributed by atoms with Gasteiger partial charge in [-0.15, -0.1) is 0 Å². The highest BCUT2D eigenvalue weighted by atomic mass is 16.5. The van der Waals surface area contributed by atoms with Gasteiger partial charge in [0.2, 0.25) is 5.95 Å². The topological polar surface area (TPSA) is 76.7 Å². The Kier molecular flexibility index (Phi) is 5.40. The molecule has 7 nitrogen and oxygen atoms in total. The number of nitrogens with two attached hydrogens (primary N) is 1. The molecule has 2 aromatic rings. The van der Waals surface area contributed by atoms with Crippen LogP contribution >= 0.6 is 0 Å². The van der Waals surface area contributed by atoms with Gasteiger partial charge in [0.05, 0.1) is 19.4 Å². The van der Waals surface area contributed by atoms with Gasteiger partial charge in [0.25, 0.3) is 0 Å². The van der Waals surface area contributed by atoms with Gasteiger partial charge in [-0.05, 0) is 12.5 Å². The van der Waals surface area contributed by atoms with Crippen LogP contribution in [0.5, 0.6) is 5.75 Å². The third-order valence-electron chi connectivity index (χ3n) is 5.38. The molecule has 27 heavy (non-hydrogen) atoms. The molecule has 2 N–H and O–H groups in total. The number of para-hydroxylation sites is 1. The van der Waals surface area contributed by atoms with E-state index < -0.39 is 0 Å². The van der Waals surface area contributed by atoms with Crippen LogP contribution in [0.3, 0.4) is 0 Å². The number of anilines is 2. The van der Waals surface area contributed by atoms with E-state index in [4.69, 9.17) is 15.2 Å².